The maximum absolute atomic E-state index is 10.1. The van der Waals surface area contributed by atoms with Crippen LogP contribution in [0, 0.1) is 0 Å². The summed E-state index contributed by atoms with van der Waals surface area (Å²) in [6.45, 7) is 0. The molecule has 2 heteroatoms. The van der Waals surface area contributed by atoms with Gasteiger partial charge in [0.25, 0.3) is 0 Å². The summed E-state index contributed by atoms with van der Waals surface area (Å²) in [7, 11) is 0. The molecule has 0 aliphatic heterocycles. The Morgan fingerprint density at radius 1 is 1.33 bits per heavy atom. The fourth-order valence-electron chi connectivity index (χ4n) is 0.769. The van der Waals surface area contributed by atoms with Crippen molar-refractivity contribution in [2.24, 2.45) is 0 Å². The topological polar surface area (TPSA) is 34.1 Å². The fraction of sp³-hybridized carbons (Fsp3) is 0.143. The number of rotatable bonds is 2. The first-order valence-electron chi connectivity index (χ1n) is 2.68. The number of allylic oxidation sites excluding steroid dienone is 4. The van der Waals surface area contributed by atoms with Crippen LogP contribution in [0.4, 0.5) is 0 Å². The SMILES string of the molecule is O=CC1=C(C=O)CC=C1. The first-order chi connectivity index (χ1) is 4.38. The van der Waals surface area contributed by atoms with Crippen molar-refractivity contribution in [2.45, 2.75) is 6.42 Å². The molecule has 1 aliphatic rings. The molecular formula is C7H6O2. The average molecular weight is 122 g/mol. The van der Waals surface area contributed by atoms with Crippen molar-refractivity contribution in [3.8, 4) is 0 Å². The molecule has 0 bridgehead atoms. The Balaban J connectivity index is 2.91. The number of aldehydes is 2. The van der Waals surface area contributed by atoms with Crippen LogP contribution in [0.25, 0.3) is 0 Å². The van der Waals surface area contributed by atoms with Crippen molar-refractivity contribution in [3.63, 3.8) is 0 Å². The zero-order valence-corrected chi connectivity index (χ0v) is 4.83. The summed E-state index contributed by atoms with van der Waals surface area (Å²) in [5, 5.41) is 0. The molecule has 0 aromatic carbocycles. The van der Waals surface area contributed by atoms with Crippen molar-refractivity contribution in [1.29, 1.82) is 0 Å². The maximum atomic E-state index is 10.1. The summed E-state index contributed by atoms with van der Waals surface area (Å²) < 4.78 is 0. The third-order valence-corrected chi connectivity index (χ3v) is 1.28. The van der Waals surface area contributed by atoms with Crippen LogP contribution >= 0.6 is 0 Å². The second-order valence-corrected chi connectivity index (χ2v) is 1.82. The predicted molar refractivity (Wildman–Crippen MR) is 32.9 cm³/mol. The molecule has 0 saturated carbocycles. The lowest BCUT2D eigenvalue weighted by molar-refractivity contribution is -0.107. The van der Waals surface area contributed by atoms with Gasteiger partial charge in [0.05, 0.1) is 0 Å². The zero-order valence-electron chi connectivity index (χ0n) is 4.83. The van der Waals surface area contributed by atoms with Gasteiger partial charge in [-0.15, -0.1) is 0 Å². The molecule has 46 valence electrons. The lowest BCUT2D eigenvalue weighted by Gasteiger charge is -1.85. The maximum Gasteiger partial charge on any atom is 0.150 e. The standard InChI is InChI=1S/C7H6O2/c8-4-6-2-1-3-7(6)5-9/h1-2,4-5H,3H2. The first-order valence-corrected chi connectivity index (χ1v) is 2.68. The lowest BCUT2D eigenvalue weighted by Crippen LogP contribution is -1.85. The van der Waals surface area contributed by atoms with E-state index >= 15 is 0 Å². The van der Waals surface area contributed by atoms with E-state index in [1.807, 2.05) is 0 Å². The highest BCUT2D eigenvalue weighted by Gasteiger charge is 2.05. The highest BCUT2D eigenvalue weighted by molar-refractivity contribution is 5.91. The van der Waals surface area contributed by atoms with Crippen molar-refractivity contribution in [2.75, 3.05) is 0 Å². The summed E-state index contributed by atoms with van der Waals surface area (Å²) in [5.74, 6) is 0. The monoisotopic (exact) mass is 122 g/mol. The molecule has 0 amide bonds. The molecular weight excluding hydrogens is 116 g/mol. The minimum absolute atomic E-state index is 0.519. The summed E-state index contributed by atoms with van der Waals surface area (Å²) >= 11 is 0. The number of hydrogen-bond donors (Lipinski definition) is 0. The smallest absolute Gasteiger partial charge is 0.150 e. The third kappa shape index (κ3) is 0.964. The van der Waals surface area contributed by atoms with E-state index in [4.69, 9.17) is 0 Å². The van der Waals surface area contributed by atoms with Crippen LogP contribution in [0.1, 0.15) is 6.42 Å². The zero-order chi connectivity index (χ0) is 6.69. The van der Waals surface area contributed by atoms with Crippen LogP contribution in [0.5, 0.6) is 0 Å². The van der Waals surface area contributed by atoms with Crippen LogP contribution in [0.3, 0.4) is 0 Å². The molecule has 0 spiro atoms. The van der Waals surface area contributed by atoms with E-state index in [0.29, 0.717) is 23.9 Å². The number of carbonyl (C=O) groups is 2. The van der Waals surface area contributed by atoms with Gasteiger partial charge in [0.2, 0.25) is 0 Å². The molecule has 0 heterocycles. The van der Waals surface area contributed by atoms with Crippen molar-refractivity contribution in [1.82, 2.24) is 0 Å². The molecule has 0 fully saturated rings. The van der Waals surface area contributed by atoms with E-state index in [2.05, 4.69) is 0 Å². The molecule has 1 rings (SSSR count). The molecule has 0 aromatic rings. The second kappa shape index (κ2) is 2.40. The highest BCUT2D eigenvalue weighted by atomic mass is 16.1. The van der Waals surface area contributed by atoms with E-state index in [-0.39, 0.29) is 0 Å². The Morgan fingerprint density at radius 3 is 2.56 bits per heavy atom. The number of hydrogen-bond acceptors (Lipinski definition) is 2. The van der Waals surface area contributed by atoms with E-state index in [9.17, 15) is 9.59 Å². The van der Waals surface area contributed by atoms with Gasteiger partial charge < -0.3 is 0 Å². The van der Waals surface area contributed by atoms with Crippen molar-refractivity contribution in [3.05, 3.63) is 23.3 Å². The Bertz CT molecular complexity index is 199. The van der Waals surface area contributed by atoms with Gasteiger partial charge in [-0.25, -0.2) is 0 Å². The van der Waals surface area contributed by atoms with Gasteiger partial charge in [-0.1, -0.05) is 12.2 Å². The molecule has 0 N–H and O–H groups in total. The van der Waals surface area contributed by atoms with Crippen LogP contribution in [-0.2, 0) is 9.59 Å². The molecule has 9 heavy (non-hydrogen) atoms. The van der Waals surface area contributed by atoms with Gasteiger partial charge in [-0.2, -0.15) is 0 Å². The Morgan fingerprint density at radius 2 is 2.11 bits per heavy atom. The van der Waals surface area contributed by atoms with E-state index < -0.39 is 0 Å². The summed E-state index contributed by atoms with van der Waals surface area (Å²) in [6, 6.07) is 0. The van der Waals surface area contributed by atoms with E-state index in [0.717, 1.165) is 6.29 Å². The van der Waals surface area contributed by atoms with Crippen LogP contribution in [0.15, 0.2) is 23.3 Å². The summed E-state index contributed by atoms with van der Waals surface area (Å²) in [6.07, 6.45) is 5.50. The minimum atomic E-state index is 0.519. The Hall–Kier alpha value is -1.18. The van der Waals surface area contributed by atoms with Crippen LogP contribution in [0.2, 0.25) is 0 Å². The Labute approximate surface area is 52.9 Å². The van der Waals surface area contributed by atoms with Crippen molar-refractivity contribution >= 4 is 12.6 Å². The molecule has 2 nitrogen and oxygen atoms in total. The first kappa shape index (κ1) is 5.95. The summed E-state index contributed by atoms with van der Waals surface area (Å²) in [4.78, 5) is 20.2. The third-order valence-electron chi connectivity index (χ3n) is 1.28. The van der Waals surface area contributed by atoms with Crippen LogP contribution < -0.4 is 0 Å². The predicted octanol–water partition coefficient (Wildman–Crippen LogP) is 0.641. The van der Waals surface area contributed by atoms with Gasteiger partial charge >= 0.3 is 0 Å². The normalized spacial score (nSPS) is 16.4. The molecule has 0 radical (unpaired) electrons. The van der Waals surface area contributed by atoms with E-state index in [1.165, 1.54) is 0 Å². The highest BCUT2D eigenvalue weighted by Crippen LogP contribution is 2.13. The van der Waals surface area contributed by atoms with E-state index in [1.54, 1.807) is 12.2 Å². The minimum Gasteiger partial charge on any atom is -0.298 e. The van der Waals surface area contributed by atoms with Crippen LogP contribution in [-0.4, -0.2) is 12.6 Å². The molecule has 0 atom stereocenters. The molecule has 0 aromatic heterocycles. The second-order valence-electron chi connectivity index (χ2n) is 1.82. The van der Waals surface area contributed by atoms with Gasteiger partial charge in [-0.05, 0) is 6.42 Å². The number of carbonyl (C=O) groups excluding carboxylic acids is 2. The molecule has 1 aliphatic carbocycles. The average Bonchev–Trinajstić information content (AvgIpc) is 2.33. The Kier molecular flexibility index (Phi) is 1.58. The van der Waals surface area contributed by atoms with Gasteiger partial charge in [-0.3, -0.25) is 9.59 Å². The largest absolute Gasteiger partial charge is 0.298 e. The quantitative estimate of drug-likeness (QED) is 0.504. The fourth-order valence-corrected chi connectivity index (χ4v) is 0.769. The molecule has 0 saturated heterocycles. The summed E-state index contributed by atoms with van der Waals surface area (Å²) in [5.41, 5.74) is 1.11. The van der Waals surface area contributed by atoms with Crippen molar-refractivity contribution < 1.29 is 9.59 Å². The van der Waals surface area contributed by atoms with Gasteiger partial charge in [0.15, 0.2) is 0 Å². The molecule has 0 unspecified atom stereocenters. The lowest BCUT2D eigenvalue weighted by atomic mass is 10.2. The van der Waals surface area contributed by atoms with Gasteiger partial charge in [0, 0.05) is 11.1 Å². The van der Waals surface area contributed by atoms with Gasteiger partial charge in [0.1, 0.15) is 12.6 Å².